The number of nitrogens with zero attached hydrogens (tertiary/aromatic N) is 2. The van der Waals surface area contributed by atoms with E-state index in [-0.39, 0.29) is 0 Å². The quantitative estimate of drug-likeness (QED) is 0.793. The fraction of sp³-hybridized carbons (Fsp3) is 0.636. The first-order chi connectivity index (χ1) is 6.69. The van der Waals surface area contributed by atoms with E-state index in [2.05, 4.69) is 29.1 Å². The lowest BCUT2D eigenvalue weighted by Gasteiger charge is -2.21. The fourth-order valence-corrected chi connectivity index (χ4v) is 1.70. The van der Waals surface area contributed by atoms with Gasteiger partial charge in [0.1, 0.15) is 5.82 Å². The molecule has 0 aliphatic heterocycles. The van der Waals surface area contributed by atoms with Crippen LogP contribution < -0.4 is 5.32 Å². The Kier molecular flexibility index (Phi) is 4.01. The van der Waals surface area contributed by atoms with Crippen molar-refractivity contribution in [2.24, 2.45) is 0 Å². The van der Waals surface area contributed by atoms with E-state index in [4.69, 9.17) is 0 Å². The van der Waals surface area contributed by atoms with Crippen molar-refractivity contribution in [2.45, 2.75) is 39.2 Å². The van der Waals surface area contributed by atoms with Gasteiger partial charge in [-0.3, -0.25) is 0 Å². The van der Waals surface area contributed by atoms with Crippen molar-refractivity contribution < 1.29 is 0 Å². The minimum atomic E-state index is 0.453. The number of rotatable bonds is 4. The minimum Gasteiger partial charge on any atom is -0.317 e. The zero-order valence-corrected chi connectivity index (χ0v) is 9.41. The molecule has 14 heavy (non-hydrogen) atoms. The molecule has 1 rings (SSSR count). The van der Waals surface area contributed by atoms with Crippen LogP contribution in [0.1, 0.15) is 37.7 Å². The van der Waals surface area contributed by atoms with Crippen LogP contribution in [0.25, 0.3) is 0 Å². The number of aromatic nitrogens is 2. The molecule has 1 aromatic heterocycles. The van der Waals surface area contributed by atoms with Crippen LogP contribution in [0.3, 0.4) is 0 Å². The minimum absolute atomic E-state index is 0.453. The Morgan fingerprint density at radius 2 is 2.21 bits per heavy atom. The summed E-state index contributed by atoms with van der Waals surface area (Å²) in [6, 6.07) is 2.46. The summed E-state index contributed by atoms with van der Waals surface area (Å²) in [5.41, 5.74) is 1.14. The zero-order chi connectivity index (χ0) is 10.6. The molecule has 0 saturated heterocycles. The Balaban J connectivity index is 2.89. The molecule has 1 N–H and O–H groups in total. The topological polar surface area (TPSA) is 37.8 Å². The van der Waals surface area contributed by atoms with Gasteiger partial charge in [-0.15, -0.1) is 0 Å². The van der Waals surface area contributed by atoms with Crippen LogP contribution in [0, 0.1) is 6.92 Å². The van der Waals surface area contributed by atoms with Crippen LogP contribution in [-0.4, -0.2) is 23.1 Å². The predicted octanol–water partition coefficient (Wildman–Crippen LogP) is 1.89. The van der Waals surface area contributed by atoms with E-state index >= 15 is 0 Å². The first-order valence-corrected chi connectivity index (χ1v) is 5.15. The van der Waals surface area contributed by atoms with E-state index in [1.54, 1.807) is 0 Å². The summed E-state index contributed by atoms with van der Waals surface area (Å²) in [6.07, 6.45) is 2.93. The van der Waals surface area contributed by atoms with Crippen LogP contribution in [0.5, 0.6) is 0 Å². The third kappa shape index (κ3) is 2.51. The molecule has 0 aliphatic carbocycles. The molecule has 0 aromatic carbocycles. The van der Waals surface area contributed by atoms with Crippen LogP contribution in [0.15, 0.2) is 12.3 Å². The second-order valence-electron chi connectivity index (χ2n) is 3.62. The summed E-state index contributed by atoms with van der Waals surface area (Å²) in [7, 11) is 1.99. The number of likely N-dealkylation sites (N-methyl/N-ethyl adjacent to an activating group) is 1. The highest BCUT2D eigenvalue weighted by molar-refractivity contribution is 5.10. The highest BCUT2D eigenvalue weighted by atomic mass is 14.9. The molecule has 0 bridgehead atoms. The molecule has 78 valence electrons. The molecule has 0 saturated carbocycles. The molecular formula is C11H19N3. The SMILES string of the molecule is CCC(c1ccnc(C)n1)C(C)NC. The van der Waals surface area contributed by atoms with Crippen molar-refractivity contribution in [2.75, 3.05) is 7.05 Å². The molecule has 1 heterocycles. The summed E-state index contributed by atoms with van der Waals surface area (Å²) in [6.45, 7) is 6.31. The standard InChI is InChI=1S/C11H19N3/c1-5-10(8(2)12-4)11-6-7-13-9(3)14-11/h6-8,10,12H,5H2,1-4H3. The second-order valence-corrected chi connectivity index (χ2v) is 3.62. The van der Waals surface area contributed by atoms with Gasteiger partial charge < -0.3 is 5.32 Å². The lowest BCUT2D eigenvalue weighted by atomic mass is 9.94. The largest absolute Gasteiger partial charge is 0.317 e. The van der Waals surface area contributed by atoms with Crippen molar-refractivity contribution in [3.8, 4) is 0 Å². The Hall–Kier alpha value is -0.960. The maximum Gasteiger partial charge on any atom is 0.125 e. The summed E-state index contributed by atoms with van der Waals surface area (Å²) in [4.78, 5) is 8.57. The molecule has 0 aliphatic rings. The maximum absolute atomic E-state index is 4.46. The molecule has 0 spiro atoms. The van der Waals surface area contributed by atoms with E-state index in [0.717, 1.165) is 17.9 Å². The highest BCUT2D eigenvalue weighted by Crippen LogP contribution is 2.20. The van der Waals surface area contributed by atoms with Gasteiger partial charge in [0.25, 0.3) is 0 Å². The van der Waals surface area contributed by atoms with Crippen molar-refractivity contribution in [1.29, 1.82) is 0 Å². The molecule has 1 aromatic rings. The van der Waals surface area contributed by atoms with Gasteiger partial charge in [0, 0.05) is 23.9 Å². The van der Waals surface area contributed by atoms with Crippen LogP contribution in [0.4, 0.5) is 0 Å². The number of hydrogen-bond donors (Lipinski definition) is 1. The van der Waals surface area contributed by atoms with Crippen LogP contribution >= 0.6 is 0 Å². The number of hydrogen-bond acceptors (Lipinski definition) is 3. The van der Waals surface area contributed by atoms with E-state index in [0.29, 0.717) is 12.0 Å². The van der Waals surface area contributed by atoms with E-state index in [1.165, 1.54) is 0 Å². The number of nitrogens with one attached hydrogen (secondary N) is 1. The van der Waals surface area contributed by atoms with Gasteiger partial charge in [-0.1, -0.05) is 6.92 Å². The summed E-state index contributed by atoms with van der Waals surface area (Å²) in [5, 5.41) is 3.27. The smallest absolute Gasteiger partial charge is 0.125 e. The monoisotopic (exact) mass is 193 g/mol. The molecule has 3 heteroatoms. The van der Waals surface area contributed by atoms with Gasteiger partial charge in [0.15, 0.2) is 0 Å². The average Bonchev–Trinajstić information content (AvgIpc) is 2.19. The van der Waals surface area contributed by atoms with Crippen molar-refractivity contribution >= 4 is 0 Å². The number of aryl methyl sites for hydroxylation is 1. The molecule has 0 radical (unpaired) electrons. The third-order valence-electron chi connectivity index (χ3n) is 2.68. The molecule has 0 fully saturated rings. The zero-order valence-electron chi connectivity index (χ0n) is 9.41. The second kappa shape index (κ2) is 5.05. The molecule has 0 amide bonds. The highest BCUT2D eigenvalue weighted by Gasteiger charge is 2.17. The Morgan fingerprint density at radius 1 is 1.50 bits per heavy atom. The first kappa shape index (κ1) is 11.1. The van der Waals surface area contributed by atoms with E-state index in [1.807, 2.05) is 26.2 Å². The Labute approximate surface area is 86.0 Å². The van der Waals surface area contributed by atoms with Gasteiger partial charge in [-0.05, 0) is 33.4 Å². The average molecular weight is 193 g/mol. The summed E-state index contributed by atoms with van der Waals surface area (Å²) < 4.78 is 0. The van der Waals surface area contributed by atoms with E-state index in [9.17, 15) is 0 Å². The summed E-state index contributed by atoms with van der Waals surface area (Å²) >= 11 is 0. The third-order valence-corrected chi connectivity index (χ3v) is 2.68. The maximum atomic E-state index is 4.46. The van der Waals surface area contributed by atoms with Crippen molar-refractivity contribution in [3.05, 3.63) is 23.8 Å². The normalized spacial score (nSPS) is 15.1. The van der Waals surface area contributed by atoms with Gasteiger partial charge in [-0.25, -0.2) is 9.97 Å². The lowest BCUT2D eigenvalue weighted by Crippen LogP contribution is -2.29. The van der Waals surface area contributed by atoms with Crippen LogP contribution in [-0.2, 0) is 0 Å². The van der Waals surface area contributed by atoms with Gasteiger partial charge >= 0.3 is 0 Å². The van der Waals surface area contributed by atoms with Crippen LogP contribution in [0.2, 0.25) is 0 Å². The first-order valence-electron chi connectivity index (χ1n) is 5.15. The predicted molar refractivity (Wildman–Crippen MR) is 58.3 cm³/mol. The van der Waals surface area contributed by atoms with Gasteiger partial charge in [0.05, 0.1) is 0 Å². The Bertz CT molecular complexity index is 286. The summed E-state index contributed by atoms with van der Waals surface area (Å²) in [5.74, 6) is 1.32. The lowest BCUT2D eigenvalue weighted by molar-refractivity contribution is 0.473. The molecular weight excluding hydrogens is 174 g/mol. The molecule has 3 nitrogen and oxygen atoms in total. The van der Waals surface area contributed by atoms with Crippen molar-refractivity contribution in [1.82, 2.24) is 15.3 Å². The fourth-order valence-electron chi connectivity index (χ4n) is 1.70. The van der Waals surface area contributed by atoms with E-state index < -0.39 is 0 Å². The van der Waals surface area contributed by atoms with Gasteiger partial charge in [0.2, 0.25) is 0 Å². The molecule has 2 unspecified atom stereocenters. The Morgan fingerprint density at radius 3 is 2.71 bits per heavy atom. The molecule has 2 atom stereocenters. The van der Waals surface area contributed by atoms with Crippen molar-refractivity contribution in [3.63, 3.8) is 0 Å². The van der Waals surface area contributed by atoms with Gasteiger partial charge in [-0.2, -0.15) is 0 Å².